The Labute approximate surface area is 373 Å². The van der Waals surface area contributed by atoms with Gasteiger partial charge in [-0.2, -0.15) is 0 Å². The standard InChI is InChI=1S/C54H101NO5/c1-3-5-7-9-11-13-15-17-19-20-22-23-26-30-34-38-42-46-52(57)51(50-56)55-53(58)47-43-39-35-31-27-25-29-33-37-41-45-49-60-54(59)48-44-40-36-32-28-24-21-18-16-14-12-10-8-6-4-2/h18,21,29,33,42,46,51-52,56-57H,3-17,19-20,22-28,30-32,34-41,43-45,47-50H2,1-2H3,(H,55,58)/b21-18-,33-29-,46-42+. The molecule has 0 heterocycles. The molecule has 2 atom stereocenters. The Hall–Kier alpha value is -1.92. The fourth-order valence-corrected chi connectivity index (χ4v) is 7.80. The van der Waals surface area contributed by atoms with Gasteiger partial charge in [-0.1, -0.05) is 211 Å². The fourth-order valence-electron chi connectivity index (χ4n) is 7.80. The van der Waals surface area contributed by atoms with Gasteiger partial charge in [0.1, 0.15) is 0 Å². The van der Waals surface area contributed by atoms with Crippen molar-refractivity contribution in [3.8, 4) is 0 Å². The minimum absolute atomic E-state index is 0.0413. The van der Waals surface area contributed by atoms with Crippen LogP contribution in [0.15, 0.2) is 36.5 Å². The van der Waals surface area contributed by atoms with Crippen LogP contribution in [-0.4, -0.2) is 47.4 Å². The van der Waals surface area contributed by atoms with E-state index in [4.69, 9.17) is 4.74 Å². The SMILES string of the molecule is CCCCCCCC/C=C\CCCCCCCC(=O)OCCCC/C=C\CCCCCCCC(=O)NC(CO)C(O)/C=C/CCCCCCCCCCCCCCCCC. The molecular weight excluding hydrogens is 743 g/mol. The average Bonchev–Trinajstić information content (AvgIpc) is 3.25. The molecule has 60 heavy (non-hydrogen) atoms. The van der Waals surface area contributed by atoms with Gasteiger partial charge in [-0.15, -0.1) is 0 Å². The molecule has 0 saturated carbocycles. The molecular formula is C54H101NO5. The summed E-state index contributed by atoms with van der Waals surface area (Å²) in [6, 6.07) is -0.649. The van der Waals surface area contributed by atoms with Crippen LogP contribution in [0.25, 0.3) is 0 Å². The van der Waals surface area contributed by atoms with Gasteiger partial charge < -0.3 is 20.3 Å². The maximum atomic E-state index is 12.4. The topological polar surface area (TPSA) is 95.9 Å². The van der Waals surface area contributed by atoms with Crippen LogP contribution >= 0.6 is 0 Å². The largest absolute Gasteiger partial charge is 0.466 e. The monoisotopic (exact) mass is 844 g/mol. The van der Waals surface area contributed by atoms with E-state index in [0.29, 0.717) is 19.4 Å². The van der Waals surface area contributed by atoms with Crippen molar-refractivity contribution in [2.24, 2.45) is 0 Å². The van der Waals surface area contributed by atoms with E-state index in [9.17, 15) is 19.8 Å². The summed E-state index contributed by atoms with van der Waals surface area (Å²) in [7, 11) is 0. The molecule has 0 aromatic carbocycles. The Bertz CT molecular complexity index is 977. The van der Waals surface area contributed by atoms with Gasteiger partial charge in [-0.3, -0.25) is 9.59 Å². The summed E-state index contributed by atoms with van der Waals surface area (Å²) in [4.78, 5) is 24.5. The molecule has 1 amide bonds. The van der Waals surface area contributed by atoms with Crippen molar-refractivity contribution < 1.29 is 24.5 Å². The summed E-state index contributed by atoms with van der Waals surface area (Å²) >= 11 is 0. The minimum Gasteiger partial charge on any atom is -0.466 e. The quantitative estimate of drug-likeness (QED) is 0.0322. The number of hydrogen-bond donors (Lipinski definition) is 3. The van der Waals surface area contributed by atoms with Crippen molar-refractivity contribution in [3.05, 3.63) is 36.5 Å². The summed E-state index contributed by atoms with van der Waals surface area (Å²) in [5, 5.41) is 23.1. The number of hydrogen-bond acceptors (Lipinski definition) is 5. The van der Waals surface area contributed by atoms with Crippen LogP contribution < -0.4 is 5.32 Å². The maximum Gasteiger partial charge on any atom is 0.305 e. The summed E-state index contributed by atoms with van der Waals surface area (Å²) in [5.74, 6) is -0.138. The summed E-state index contributed by atoms with van der Waals surface area (Å²) in [6.45, 7) is 4.81. The summed E-state index contributed by atoms with van der Waals surface area (Å²) < 4.78 is 5.43. The molecule has 0 aromatic rings. The highest BCUT2D eigenvalue weighted by Gasteiger charge is 2.18. The lowest BCUT2D eigenvalue weighted by molar-refractivity contribution is -0.143. The van der Waals surface area contributed by atoms with E-state index in [-0.39, 0.29) is 18.5 Å². The van der Waals surface area contributed by atoms with E-state index in [1.165, 1.54) is 161 Å². The third-order valence-electron chi connectivity index (χ3n) is 11.9. The highest BCUT2D eigenvalue weighted by Crippen LogP contribution is 2.15. The number of allylic oxidation sites excluding steroid dienone is 5. The lowest BCUT2D eigenvalue weighted by Crippen LogP contribution is -2.45. The van der Waals surface area contributed by atoms with Crippen LogP contribution in [0.1, 0.15) is 271 Å². The molecule has 2 unspecified atom stereocenters. The van der Waals surface area contributed by atoms with Crippen molar-refractivity contribution in [1.82, 2.24) is 5.32 Å². The first-order valence-corrected chi connectivity index (χ1v) is 26.3. The van der Waals surface area contributed by atoms with Crippen molar-refractivity contribution in [1.29, 1.82) is 0 Å². The Kier molecular flexibility index (Phi) is 48.1. The van der Waals surface area contributed by atoms with E-state index in [2.05, 4.69) is 43.5 Å². The molecule has 0 aliphatic heterocycles. The zero-order chi connectivity index (χ0) is 43.7. The molecule has 0 aliphatic carbocycles. The maximum absolute atomic E-state index is 12.4. The van der Waals surface area contributed by atoms with E-state index in [1.807, 2.05) is 6.08 Å². The molecule has 352 valence electrons. The van der Waals surface area contributed by atoms with Gasteiger partial charge in [0.05, 0.1) is 25.4 Å². The van der Waals surface area contributed by atoms with Gasteiger partial charge in [-0.25, -0.2) is 0 Å². The van der Waals surface area contributed by atoms with Gasteiger partial charge in [0.2, 0.25) is 5.91 Å². The molecule has 0 spiro atoms. The number of carbonyl (C=O) groups excluding carboxylic acids is 2. The van der Waals surface area contributed by atoms with Gasteiger partial charge in [-0.05, 0) is 83.5 Å². The minimum atomic E-state index is -0.863. The number of rotatable bonds is 48. The van der Waals surface area contributed by atoms with Crippen molar-refractivity contribution >= 4 is 11.9 Å². The predicted octanol–water partition coefficient (Wildman–Crippen LogP) is 15.7. The molecule has 6 heteroatoms. The Balaban J connectivity index is 3.56. The normalized spacial score (nSPS) is 12.9. The van der Waals surface area contributed by atoms with E-state index in [0.717, 1.165) is 83.5 Å². The molecule has 0 bridgehead atoms. The molecule has 0 fully saturated rings. The summed E-state index contributed by atoms with van der Waals surface area (Å²) in [5.41, 5.74) is 0. The zero-order valence-electron chi connectivity index (χ0n) is 39.9. The average molecular weight is 844 g/mol. The van der Waals surface area contributed by atoms with Gasteiger partial charge in [0.25, 0.3) is 0 Å². The highest BCUT2D eigenvalue weighted by molar-refractivity contribution is 5.76. The van der Waals surface area contributed by atoms with Gasteiger partial charge in [0.15, 0.2) is 0 Å². The first kappa shape index (κ1) is 58.1. The van der Waals surface area contributed by atoms with Crippen LogP contribution in [0.5, 0.6) is 0 Å². The Morgan fingerprint density at radius 3 is 1.18 bits per heavy atom. The van der Waals surface area contributed by atoms with Crippen LogP contribution in [0, 0.1) is 0 Å². The van der Waals surface area contributed by atoms with Crippen LogP contribution in [0.4, 0.5) is 0 Å². The molecule has 3 N–H and O–H groups in total. The van der Waals surface area contributed by atoms with E-state index >= 15 is 0 Å². The number of aliphatic hydroxyl groups excluding tert-OH is 2. The third-order valence-corrected chi connectivity index (χ3v) is 11.9. The van der Waals surface area contributed by atoms with Crippen molar-refractivity contribution in [3.63, 3.8) is 0 Å². The van der Waals surface area contributed by atoms with Crippen molar-refractivity contribution in [2.75, 3.05) is 13.2 Å². The summed E-state index contributed by atoms with van der Waals surface area (Å²) in [6.07, 6.45) is 60.0. The molecule has 0 aliphatic rings. The lowest BCUT2D eigenvalue weighted by atomic mass is 10.0. The number of amides is 1. The number of ether oxygens (including phenoxy) is 1. The molecule has 0 rings (SSSR count). The highest BCUT2D eigenvalue weighted by atomic mass is 16.5. The van der Waals surface area contributed by atoms with Crippen LogP contribution in [0.2, 0.25) is 0 Å². The smallest absolute Gasteiger partial charge is 0.305 e. The van der Waals surface area contributed by atoms with Crippen LogP contribution in [-0.2, 0) is 14.3 Å². The second-order valence-electron chi connectivity index (χ2n) is 17.8. The molecule has 0 radical (unpaired) electrons. The van der Waals surface area contributed by atoms with Gasteiger partial charge in [0, 0.05) is 12.8 Å². The zero-order valence-corrected chi connectivity index (χ0v) is 39.9. The van der Waals surface area contributed by atoms with E-state index in [1.54, 1.807) is 6.08 Å². The molecule has 0 saturated heterocycles. The number of unbranched alkanes of at least 4 members (excludes halogenated alkanes) is 33. The third kappa shape index (κ3) is 45.6. The number of esters is 1. The predicted molar refractivity (Wildman–Crippen MR) is 259 cm³/mol. The molecule has 6 nitrogen and oxygen atoms in total. The molecule has 0 aromatic heterocycles. The fraction of sp³-hybridized carbons (Fsp3) is 0.852. The van der Waals surface area contributed by atoms with E-state index < -0.39 is 12.1 Å². The van der Waals surface area contributed by atoms with Crippen LogP contribution in [0.3, 0.4) is 0 Å². The second kappa shape index (κ2) is 49.7. The Morgan fingerprint density at radius 2 is 0.783 bits per heavy atom. The number of aliphatic hydroxyl groups is 2. The Morgan fingerprint density at radius 1 is 0.450 bits per heavy atom. The van der Waals surface area contributed by atoms with Gasteiger partial charge >= 0.3 is 5.97 Å². The first-order chi connectivity index (χ1) is 29.5. The lowest BCUT2D eigenvalue weighted by Gasteiger charge is -2.20. The second-order valence-corrected chi connectivity index (χ2v) is 17.8. The number of nitrogens with one attached hydrogen (secondary N) is 1. The number of carbonyl (C=O) groups is 2. The van der Waals surface area contributed by atoms with Crippen molar-refractivity contribution in [2.45, 2.75) is 283 Å². The first-order valence-electron chi connectivity index (χ1n) is 26.3.